The number of nitrogens with two attached hydrogens (primary N) is 1. The van der Waals surface area contributed by atoms with Crippen molar-refractivity contribution in [2.45, 2.75) is 179 Å². The molecule has 7 N–H and O–H groups in total. The smallest absolute Gasteiger partial charge is 0.407 e. The SMILES string of the molecule is CO[C@H]1C[C@@H]2CC[C@@H](C)[C@@](O)(O2)C(=O)C(=O)N2CCCC[C@H]2C(=O)O[C@H]([C@H](N)C[C@@H]2CC[C@@H](OC(=O)NCCOCCOCCOCCOCCO)[C@H](OC)C2)CC(=O)[C@H](C)/C=C(\C)[C@@H](O)[C@@H](O)C(=O)[C@H](C)C[C@H](C)/C=C/C=CC=C1C. The van der Waals surface area contributed by atoms with Crippen LogP contribution in [0.25, 0.3) is 0 Å². The van der Waals surface area contributed by atoms with E-state index in [1.54, 1.807) is 27.9 Å². The molecule has 1 aliphatic carbocycles. The molecule has 0 unspecified atom stereocenters. The summed E-state index contributed by atoms with van der Waals surface area (Å²) in [4.78, 5) is 84.9. The monoisotopic (exact) mass is 1160 g/mol. The number of hydrogen-bond acceptors (Lipinski definition) is 20. The second-order valence-electron chi connectivity index (χ2n) is 22.5. The van der Waals surface area contributed by atoms with Gasteiger partial charge in [-0.05, 0) is 101 Å². The lowest BCUT2D eigenvalue weighted by molar-refractivity contribution is -0.265. The molecule has 2 saturated heterocycles. The molecule has 3 aliphatic heterocycles. The number of aliphatic hydroxyl groups excluding tert-OH is 3. The van der Waals surface area contributed by atoms with Gasteiger partial charge in [0.25, 0.3) is 11.7 Å². The second kappa shape index (κ2) is 36.5. The Balaban J connectivity index is 1.50. The van der Waals surface area contributed by atoms with E-state index >= 15 is 0 Å². The number of nitrogens with zero attached hydrogens (tertiary/aromatic N) is 1. The van der Waals surface area contributed by atoms with E-state index in [-0.39, 0.29) is 69.6 Å². The van der Waals surface area contributed by atoms with Gasteiger partial charge in [-0.2, -0.15) is 0 Å². The second-order valence-corrected chi connectivity index (χ2v) is 22.5. The predicted octanol–water partition coefficient (Wildman–Crippen LogP) is 4.01. The molecule has 1 saturated carbocycles. The molecule has 3 fully saturated rings. The van der Waals surface area contributed by atoms with Crippen LogP contribution >= 0.6 is 0 Å². The Kier molecular flexibility index (Phi) is 31.3. The summed E-state index contributed by atoms with van der Waals surface area (Å²) in [6.07, 6.45) is 7.07. The Morgan fingerprint density at radius 1 is 0.793 bits per heavy atom. The number of methoxy groups -OCH3 is 2. The summed E-state index contributed by atoms with van der Waals surface area (Å²) in [6, 6.07) is -2.21. The lowest BCUT2D eigenvalue weighted by Gasteiger charge is -2.42. The van der Waals surface area contributed by atoms with Gasteiger partial charge in [0.1, 0.15) is 36.2 Å². The largest absolute Gasteiger partial charge is 0.459 e. The molecule has 22 heteroatoms. The molecule has 2 bridgehead atoms. The Hall–Kier alpha value is -4.30. The number of aliphatic hydroxyl groups is 4. The molecule has 0 spiro atoms. The zero-order valence-electron chi connectivity index (χ0n) is 49.7. The van der Waals surface area contributed by atoms with Crippen LogP contribution in [0.15, 0.2) is 47.6 Å². The van der Waals surface area contributed by atoms with Gasteiger partial charge < -0.3 is 79.0 Å². The number of alkyl carbamates (subject to hydrolysis) is 1. The fourth-order valence-corrected chi connectivity index (χ4v) is 11.0. The first-order chi connectivity index (χ1) is 39.1. The van der Waals surface area contributed by atoms with E-state index in [4.69, 9.17) is 53.5 Å². The average Bonchev–Trinajstić information content (AvgIpc) is 2.61. The molecule has 4 rings (SSSR count). The van der Waals surface area contributed by atoms with E-state index in [0.29, 0.717) is 91.0 Å². The number of carbonyl (C=O) groups is 6. The van der Waals surface area contributed by atoms with Gasteiger partial charge in [-0.3, -0.25) is 19.2 Å². The van der Waals surface area contributed by atoms with Crippen molar-refractivity contribution in [1.82, 2.24) is 10.2 Å². The van der Waals surface area contributed by atoms with Gasteiger partial charge in [0.2, 0.25) is 5.79 Å². The van der Waals surface area contributed by atoms with Crippen molar-refractivity contribution in [1.29, 1.82) is 0 Å². The summed E-state index contributed by atoms with van der Waals surface area (Å²) in [5, 5.41) is 45.8. The highest BCUT2D eigenvalue weighted by Gasteiger charge is 2.53. The highest BCUT2D eigenvalue weighted by atomic mass is 16.6. The number of ether oxygens (including phenoxy) is 9. The van der Waals surface area contributed by atoms with Gasteiger partial charge in [0.15, 0.2) is 5.78 Å². The third-order valence-electron chi connectivity index (χ3n) is 16.1. The van der Waals surface area contributed by atoms with E-state index in [9.17, 15) is 44.1 Å². The maximum absolute atomic E-state index is 14.5. The van der Waals surface area contributed by atoms with Crippen LogP contribution < -0.4 is 11.1 Å². The summed E-state index contributed by atoms with van der Waals surface area (Å²) in [6.45, 7) is 13.1. The van der Waals surface area contributed by atoms with Crippen molar-refractivity contribution in [2.24, 2.45) is 35.3 Å². The average molecular weight is 1160 g/mol. The van der Waals surface area contributed by atoms with E-state index in [1.807, 2.05) is 44.2 Å². The van der Waals surface area contributed by atoms with Crippen LogP contribution in [0.2, 0.25) is 0 Å². The number of Topliss-reactive ketones (excluding diaryl/α,β-unsaturated/α-hetero) is 3. The number of esters is 1. The summed E-state index contributed by atoms with van der Waals surface area (Å²) >= 11 is 0. The fourth-order valence-electron chi connectivity index (χ4n) is 11.0. The van der Waals surface area contributed by atoms with Crippen molar-refractivity contribution < 1.29 is 91.8 Å². The number of allylic oxidation sites excluding steroid dienone is 6. The summed E-state index contributed by atoms with van der Waals surface area (Å²) in [5.41, 5.74) is 7.98. The number of rotatable bonds is 20. The van der Waals surface area contributed by atoms with Crippen LogP contribution in [0.4, 0.5) is 4.79 Å². The first-order valence-electron chi connectivity index (χ1n) is 29.4. The minimum Gasteiger partial charge on any atom is -0.459 e. The maximum Gasteiger partial charge on any atom is 0.407 e. The van der Waals surface area contributed by atoms with E-state index < -0.39 is 120 Å². The summed E-state index contributed by atoms with van der Waals surface area (Å²) < 4.78 is 51.3. The van der Waals surface area contributed by atoms with Crippen molar-refractivity contribution in [3.05, 3.63) is 47.6 Å². The number of fused-ring (bicyclic) bond motifs is 3. The highest BCUT2D eigenvalue weighted by Crippen LogP contribution is 2.37. The Morgan fingerprint density at radius 3 is 2.12 bits per heavy atom. The first kappa shape index (κ1) is 70.2. The number of piperidine rings is 1. The van der Waals surface area contributed by atoms with Crippen LogP contribution in [0.3, 0.4) is 0 Å². The van der Waals surface area contributed by atoms with Crippen molar-refractivity contribution >= 4 is 35.3 Å². The number of ketones is 3. The lowest BCUT2D eigenvalue weighted by atomic mass is 9.80. The normalized spacial score (nSPS) is 33.4. The van der Waals surface area contributed by atoms with E-state index in [2.05, 4.69) is 5.32 Å². The molecule has 3 heterocycles. The number of cyclic esters (lactones) is 1. The quantitative estimate of drug-likeness (QED) is 0.0434. The highest BCUT2D eigenvalue weighted by molar-refractivity contribution is 6.39. The number of hydrogen-bond donors (Lipinski definition) is 6. The fraction of sp³-hybridized carbons (Fsp3) is 0.767. The van der Waals surface area contributed by atoms with Crippen molar-refractivity contribution in [3.8, 4) is 0 Å². The predicted molar refractivity (Wildman–Crippen MR) is 302 cm³/mol. The number of carbonyl (C=O) groups excluding carboxylic acids is 6. The standard InChI is InChI=1S/C60H97N3O19/c1-38-14-10-9-11-15-39(2)50(74-7)36-45-19-17-43(6)60(73,82-45)56(69)57(70)63-22-13-12-16-47(63)58(71)80-51(37-48(65)40(3)33-42(5)54(67)55(68)53(66)41(4)32-38)46(61)34-44-18-20-49(52(35-44)75-8)81-59(72)62-21-24-76-26-28-78-30-31-79-29-27-77-25-23-64/h9-11,14-15,33,38,40-41,43-47,49-52,54-55,64,67-68,73H,12-13,16-32,34-37,61H2,1-8H3,(H,62,72)/b11-9?,14-10+,39-15?,42-33+/t38-,40-,41-,43-,44+,45+,46-,47+,49-,50+,51+,52-,54-,55+,60-/m1/s1. The molecule has 466 valence electrons. The number of nitrogens with one attached hydrogen (secondary N) is 1. The molecule has 0 aromatic rings. The minimum atomic E-state index is -2.50. The van der Waals surface area contributed by atoms with Crippen molar-refractivity contribution in [2.75, 3.05) is 86.8 Å². The Labute approximate surface area is 484 Å². The van der Waals surface area contributed by atoms with Crippen LogP contribution in [0, 0.1) is 29.6 Å². The first-order valence-corrected chi connectivity index (χ1v) is 29.4. The van der Waals surface area contributed by atoms with Gasteiger partial charge >= 0.3 is 12.1 Å². The molecule has 2 amide bonds. The molecular weight excluding hydrogens is 1070 g/mol. The molecule has 22 nitrogen and oxygen atoms in total. The van der Waals surface area contributed by atoms with Crippen LogP contribution in [0.5, 0.6) is 0 Å². The minimum absolute atomic E-state index is 0.00937. The summed E-state index contributed by atoms with van der Waals surface area (Å²) in [7, 11) is 3.06. The van der Waals surface area contributed by atoms with Gasteiger partial charge in [0.05, 0.1) is 77.8 Å². The van der Waals surface area contributed by atoms with E-state index in [0.717, 1.165) is 10.5 Å². The molecule has 0 aromatic heterocycles. The third kappa shape index (κ3) is 22.3. The Bertz CT molecular complexity index is 2140. The zero-order valence-corrected chi connectivity index (χ0v) is 49.7. The van der Waals surface area contributed by atoms with Crippen molar-refractivity contribution in [3.63, 3.8) is 0 Å². The van der Waals surface area contributed by atoms with Crippen LogP contribution in [-0.2, 0) is 66.6 Å². The third-order valence-corrected chi connectivity index (χ3v) is 16.1. The maximum atomic E-state index is 14.5. The van der Waals surface area contributed by atoms with Gasteiger partial charge in [-0.15, -0.1) is 0 Å². The van der Waals surface area contributed by atoms with Gasteiger partial charge in [-0.1, -0.05) is 64.2 Å². The Morgan fingerprint density at radius 2 is 1.46 bits per heavy atom. The molecular formula is C60H97N3O19. The molecule has 15 atom stereocenters. The topological polar surface area (TPSA) is 308 Å². The molecule has 82 heavy (non-hydrogen) atoms. The molecule has 0 aromatic carbocycles. The molecule has 4 aliphatic rings. The zero-order chi connectivity index (χ0) is 60.4. The van der Waals surface area contributed by atoms with Gasteiger partial charge in [0, 0.05) is 63.9 Å². The number of amides is 2. The van der Waals surface area contributed by atoms with E-state index in [1.165, 1.54) is 20.1 Å². The van der Waals surface area contributed by atoms with Gasteiger partial charge in [-0.25, -0.2) is 9.59 Å². The van der Waals surface area contributed by atoms with Crippen LogP contribution in [-0.4, -0.2) is 208 Å². The summed E-state index contributed by atoms with van der Waals surface area (Å²) in [5.74, 6) is -9.17. The molecule has 0 radical (unpaired) electrons. The van der Waals surface area contributed by atoms with Crippen LogP contribution in [0.1, 0.15) is 119 Å². The lowest BCUT2D eigenvalue weighted by Crippen LogP contribution is -2.61.